The lowest BCUT2D eigenvalue weighted by molar-refractivity contribution is -0.110. The predicted molar refractivity (Wildman–Crippen MR) is 155 cm³/mol. The Kier molecular flexibility index (Phi) is 10.9. The van der Waals surface area contributed by atoms with Crippen molar-refractivity contribution < 1.29 is 19.0 Å². The molecular formula is C31H37N3O4. The van der Waals surface area contributed by atoms with E-state index in [9.17, 15) is 4.79 Å². The third-order valence-electron chi connectivity index (χ3n) is 6.16. The molecule has 0 aromatic heterocycles. The van der Waals surface area contributed by atoms with Crippen molar-refractivity contribution in [2.45, 2.75) is 19.8 Å². The minimum Gasteiger partial charge on any atom is -0.493 e. The van der Waals surface area contributed by atoms with Gasteiger partial charge in [0.15, 0.2) is 11.5 Å². The van der Waals surface area contributed by atoms with Crippen LogP contribution in [0.4, 0.5) is 5.69 Å². The molecule has 38 heavy (non-hydrogen) atoms. The molecule has 7 heteroatoms. The summed E-state index contributed by atoms with van der Waals surface area (Å²) in [5.41, 5.74) is 4.62. The fourth-order valence-corrected chi connectivity index (χ4v) is 4.03. The van der Waals surface area contributed by atoms with Crippen LogP contribution in [-0.4, -0.2) is 57.0 Å². The van der Waals surface area contributed by atoms with E-state index < -0.39 is 5.91 Å². The standard InChI is InChI=1S/C31H37N3O4/c1-23-21-26(14-15-27(23)24(2)34-17-19-38-20-18-34)33-31(35)28(32)12-10-8-6-5-7-9-11-25-13-16-29(36-3)30(22-25)37-4/h5,7,9-16,21-22,32H,2,6,8,17-20H2,1,3-4H3,(H,33,35)/b7-5-,11-9+,12-10+,32-28?. The van der Waals surface area contributed by atoms with Gasteiger partial charge in [-0.1, -0.05) is 49.1 Å². The van der Waals surface area contributed by atoms with Gasteiger partial charge in [0.1, 0.15) is 5.71 Å². The summed E-state index contributed by atoms with van der Waals surface area (Å²) in [6, 6.07) is 11.5. The minimum atomic E-state index is -0.436. The summed E-state index contributed by atoms with van der Waals surface area (Å²) in [4.78, 5) is 14.7. The number of benzene rings is 2. The van der Waals surface area contributed by atoms with Crippen molar-refractivity contribution in [1.82, 2.24) is 4.90 Å². The van der Waals surface area contributed by atoms with Crippen molar-refractivity contribution in [2.24, 2.45) is 0 Å². The molecule has 1 aliphatic heterocycles. The van der Waals surface area contributed by atoms with Crippen LogP contribution in [-0.2, 0) is 9.53 Å². The first-order chi connectivity index (χ1) is 18.4. The van der Waals surface area contributed by atoms with Gasteiger partial charge in [-0.3, -0.25) is 10.2 Å². The Balaban J connectivity index is 1.42. The van der Waals surface area contributed by atoms with E-state index in [1.807, 2.05) is 73.7 Å². The summed E-state index contributed by atoms with van der Waals surface area (Å²) in [5, 5.41) is 10.9. The van der Waals surface area contributed by atoms with Gasteiger partial charge in [-0.05, 0) is 61.2 Å². The molecule has 7 nitrogen and oxygen atoms in total. The van der Waals surface area contributed by atoms with Gasteiger partial charge >= 0.3 is 0 Å². The molecule has 200 valence electrons. The molecule has 1 heterocycles. The molecule has 0 bridgehead atoms. The van der Waals surface area contributed by atoms with Crippen LogP contribution in [0.3, 0.4) is 0 Å². The maximum absolute atomic E-state index is 12.4. The minimum absolute atomic E-state index is 0.0817. The number of unbranched alkanes of at least 4 members (excludes halogenated alkanes) is 1. The average molecular weight is 516 g/mol. The van der Waals surface area contributed by atoms with Crippen LogP contribution in [0, 0.1) is 12.3 Å². The van der Waals surface area contributed by atoms with Crippen LogP contribution in [0.5, 0.6) is 11.5 Å². The number of rotatable bonds is 12. The van der Waals surface area contributed by atoms with E-state index in [1.54, 1.807) is 20.3 Å². The number of methoxy groups -OCH3 is 2. The highest BCUT2D eigenvalue weighted by Gasteiger charge is 2.15. The number of carbonyl (C=O) groups excluding carboxylic acids is 1. The predicted octanol–water partition coefficient (Wildman–Crippen LogP) is 5.88. The molecule has 1 saturated heterocycles. The fourth-order valence-electron chi connectivity index (χ4n) is 4.03. The Hall–Kier alpha value is -4.10. The molecule has 0 atom stereocenters. The zero-order chi connectivity index (χ0) is 27.3. The summed E-state index contributed by atoms with van der Waals surface area (Å²) in [6.07, 6.45) is 12.9. The number of ether oxygens (including phenoxy) is 3. The maximum Gasteiger partial charge on any atom is 0.273 e. The summed E-state index contributed by atoms with van der Waals surface area (Å²) in [7, 11) is 3.23. The van der Waals surface area contributed by atoms with Crippen LogP contribution in [0.2, 0.25) is 0 Å². The van der Waals surface area contributed by atoms with E-state index in [0.717, 1.165) is 48.3 Å². The van der Waals surface area contributed by atoms with Crippen molar-refractivity contribution in [3.8, 4) is 11.5 Å². The third-order valence-corrected chi connectivity index (χ3v) is 6.16. The molecule has 3 rings (SSSR count). The van der Waals surface area contributed by atoms with Crippen molar-refractivity contribution in [3.63, 3.8) is 0 Å². The van der Waals surface area contributed by atoms with Crippen molar-refractivity contribution in [1.29, 1.82) is 5.41 Å². The molecule has 0 spiro atoms. The van der Waals surface area contributed by atoms with Crippen LogP contribution in [0.1, 0.15) is 29.5 Å². The van der Waals surface area contributed by atoms with Gasteiger partial charge in [0.05, 0.1) is 27.4 Å². The van der Waals surface area contributed by atoms with E-state index in [-0.39, 0.29) is 5.71 Å². The first-order valence-electron chi connectivity index (χ1n) is 12.7. The molecule has 2 N–H and O–H groups in total. The van der Waals surface area contributed by atoms with Gasteiger partial charge in [0.25, 0.3) is 5.91 Å². The lowest BCUT2D eigenvalue weighted by Gasteiger charge is -2.31. The largest absolute Gasteiger partial charge is 0.493 e. The van der Waals surface area contributed by atoms with E-state index in [2.05, 4.69) is 16.8 Å². The number of nitrogens with zero attached hydrogens (tertiary/aromatic N) is 1. The Morgan fingerprint density at radius 1 is 1.05 bits per heavy atom. The normalized spacial score (nSPS) is 13.8. The first kappa shape index (κ1) is 28.5. The zero-order valence-corrected chi connectivity index (χ0v) is 22.5. The monoisotopic (exact) mass is 515 g/mol. The number of allylic oxidation sites excluding steroid dienone is 4. The van der Waals surface area contributed by atoms with Crippen molar-refractivity contribution in [3.05, 3.63) is 90.0 Å². The molecule has 0 unspecified atom stereocenters. The summed E-state index contributed by atoms with van der Waals surface area (Å²) in [6.45, 7) is 9.30. The number of amides is 1. The molecule has 0 saturated carbocycles. The molecule has 1 fully saturated rings. The Morgan fingerprint density at radius 3 is 2.50 bits per heavy atom. The quantitative estimate of drug-likeness (QED) is 0.210. The topological polar surface area (TPSA) is 83.9 Å². The highest BCUT2D eigenvalue weighted by atomic mass is 16.5. The second kappa shape index (κ2) is 14.6. The van der Waals surface area contributed by atoms with Crippen molar-refractivity contribution >= 4 is 29.1 Å². The van der Waals surface area contributed by atoms with Gasteiger partial charge in [-0.2, -0.15) is 0 Å². The van der Waals surface area contributed by atoms with E-state index in [0.29, 0.717) is 30.4 Å². The summed E-state index contributed by atoms with van der Waals surface area (Å²) in [5.74, 6) is 0.955. The molecule has 0 radical (unpaired) electrons. The number of morpholine rings is 1. The molecule has 2 aromatic rings. The van der Waals surface area contributed by atoms with E-state index in [4.69, 9.17) is 19.6 Å². The molecule has 1 amide bonds. The maximum atomic E-state index is 12.4. The Morgan fingerprint density at radius 2 is 1.79 bits per heavy atom. The number of aryl methyl sites for hydroxylation is 1. The molecule has 0 aliphatic carbocycles. The van der Waals surface area contributed by atoms with Gasteiger partial charge < -0.3 is 24.4 Å². The van der Waals surface area contributed by atoms with E-state index in [1.165, 1.54) is 0 Å². The average Bonchev–Trinajstić information content (AvgIpc) is 2.94. The van der Waals surface area contributed by atoms with Crippen LogP contribution < -0.4 is 14.8 Å². The van der Waals surface area contributed by atoms with Gasteiger partial charge in [-0.15, -0.1) is 0 Å². The third kappa shape index (κ3) is 8.21. The highest BCUT2D eigenvalue weighted by Crippen LogP contribution is 2.28. The number of anilines is 1. The second-order valence-corrected chi connectivity index (χ2v) is 8.83. The van der Waals surface area contributed by atoms with Gasteiger partial charge in [0, 0.05) is 30.0 Å². The van der Waals surface area contributed by atoms with Gasteiger partial charge in [0.2, 0.25) is 0 Å². The Labute approximate surface area is 225 Å². The lowest BCUT2D eigenvalue weighted by Crippen LogP contribution is -2.34. The van der Waals surface area contributed by atoms with Crippen molar-refractivity contribution in [2.75, 3.05) is 45.8 Å². The number of nitrogens with one attached hydrogen (secondary N) is 2. The molecule has 2 aromatic carbocycles. The first-order valence-corrected chi connectivity index (χ1v) is 12.7. The zero-order valence-electron chi connectivity index (χ0n) is 22.5. The lowest BCUT2D eigenvalue weighted by atomic mass is 10.0. The SMILES string of the molecule is C=C(c1ccc(NC(=O)C(=N)/C=C/CC/C=C\C=C\c2ccc(OC)c(OC)c2)cc1C)N1CCOCC1. The smallest absolute Gasteiger partial charge is 0.273 e. The van der Waals surface area contributed by atoms with Crippen LogP contribution >= 0.6 is 0 Å². The van der Waals surface area contributed by atoms with Crippen LogP contribution in [0.15, 0.2) is 73.4 Å². The molecular weight excluding hydrogens is 478 g/mol. The number of hydrogen-bond acceptors (Lipinski definition) is 6. The Bertz CT molecular complexity index is 1220. The summed E-state index contributed by atoms with van der Waals surface area (Å²) < 4.78 is 16.0. The van der Waals surface area contributed by atoms with E-state index >= 15 is 0 Å². The number of carbonyl (C=O) groups is 1. The van der Waals surface area contributed by atoms with Gasteiger partial charge in [-0.25, -0.2) is 0 Å². The molecule has 1 aliphatic rings. The second-order valence-electron chi connectivity index (χ2n) is 8.83. The fraction of sp³-hybridized carbons (Fsp3) is 0.290. The number of hydrogen-bond donors (Lipinski definition) is 2. The van der Waals surface area contributed by atoms with Crippen LogP contribution in [0.25, 0.3) is 11.8 Å². The summed E-state index contributed by atoms with van der Waals surface area (Å²) >= 11 is 0. The highest BCUT2D eigenvalue weighted by molar-refractivity contribution is 6.45.